The van der Waals surface area contributed by atoms with Crippen LogP contribution in [0.4, 0.5) is 0 Å². The third-order valence-corrected chi connectivity index (χ3v) is 6.38. The van der Waals surface area contributed by atoms with Crippen LogP contribution in [0.1, 0.15) is 35.0 Å². The van der Waals surface area contributed by atoms with Gasteiger partial charge in [0.05, 0.1) is 36.1 Å². The fourth-order valence-corrected chi connectivity index (χ4v) is 4.63. The highest BCUT2D eigenvalue weighted by molar-refractivity contribution is 6.46. The highest BCUT2D eigenvalue weighted by atomic mass is 16.5. The number of rotatable bonds is 6. The fraction of sp³-hybridized carbons (Fsp3) is 0.458. The van der Waals surface area contributed by atoms with Crippen molar-refractivity contribution in [2.75, 3.05) is 39.4 Å². The normalized spacial score (nSPS) is 21.5. The number of ether oxygens (including phenoxy) is 1. The second kappa shape index (κ2) is 9.26. The van der Waals surface area contributed by atoms with Gasteiger partial charge in [0, 0.05) is 38.9 Å². The van der Waals surface area contributed by atoms with Gasteiger partial charge in [0.15, 0.2) is 0 Å². The Bertz CT molecular complexity index is 1040. The first kappa shape index (κ1) is 22.2. The highest BCUT2D eigenvalue weighted by Gasteiger charge is 2.46. The van der Waals surface area contributed by atoms with E-state index in [-0.39, 0.29) is 11.3 Å². The zero-order valence-electron chi connectivity index (χ0n) is 18.9. The molecule has 32 heavy (non-hydrogen) atoms. The van der Waals surface area contributed by atoms with Crippen molar-refractivity contribution in [3.05, 3.63) is 58.4 Å². The zero-order chi connectivity index (χ0) is 22.8. The van der Waals surface area contributed by atoms with Gasteiger partial charge in [-0.05, 0) is 25.8 Å². The topological polar surface area (TPSA) is 87.9 Å². The standard InChI is InChI=1S/C24H30N4O4/c1-16-19(17(2)26(3)25-16)22(29)20-21(18-8-5-4-6-9-18)28(24(31)23(20)30)11-7-10-27-12-14-32-15-13-27/h4-6,8-9,21,29H,7,10-15H2,1-3H3/b22-20+/t21-/m0/s1. The summed E-state index contributed by atoms with van der Waals surface area (Å²) in [5, 5.41) is 15.6. The molecular formula is C24H30N4O4. The lowest BCUT2D eigenvalue weighted by atomic mass is 9.94. The molecule has 0 saturated carbocycles. The molecule has 1 N–H and O–H groups in total. The molecule has 0 aliphatic carbocycles. The molecular weight excluding hydrogens is 408 g/mol. The van der Waals surface area contributed by atoms with Gasteiger partial charge in [-0.15, -0.1) is 0 Å². The molecule has 170 valence electrons. The van der Waals surface area contributed by atoms with Crippen molar-refractivity contribution >= 4 is 17.4 Å². The molecule has 1 amide bonds. The van der Waals surface area contributed by atoms with Crippen molar-refractivity contribution in [1.29, 1.82) is 0 Å². The number of carbonyl (C=O) groups is 2. The number of aromatic nitrogens is 2. The molecule has 2 fully saturated rings. The predicted molar refractivity (Wildman–Crippen MR) is 120 cm³/mol. The molecule has 8 nitrogen and oxygen atoms in total. The van der Waals surface area contributed by atoms with Crippen LogP contribution in [0.2, 0.25) is 0 Å². The molecule has 1 aromatic heterocycles. The Morgan fingerprint density at radius 3 is 2.44 bits per heavy atom. The number of hydrogen-bond donors (Lipinski definition) is 1. The summed E-state index contributed by atoms with van der Waals surface area (Å²) < 4.78 is 7.06. The van der Waals surface area contributed by atoms with E-state index in [1.165, 1.54) is 0 Å². The first-order valence-corrected chi connectivity index (χ1v) is 11.0. The van der Waals surface area contributed by atoms with E-state index in [4.69, 9.17) is 4.74 Å². The van der Waals surface area contributed by atoms with E-state index in [2.05, 4.69) is 10.00 Å². The number of morpholine rings is 1. The van der Waals surface area contributed by atoms with E-state index < -0.39 is 17.7 Å². The van der Waals surface area contributed by atoms with Gasteiger partial charge in [-0.3, -0.25) is 19.2 Å². The molecule has 2 saturated heterocycles. The summed E-state index contributed by atoms with van der Waals surface area (Å²) in [6.45, 7) is 8.08. The average Bonchev–Trinajstić information content (AvgIpc) is 3.20. The van der Waals surface area contributed by atoms with Gasteiger partial charge < -0.3 is 14.7 Å². The molecule has 1 aromatic carbocycles. The summed E-state index contributed by atoms with van der Waals surface area (Å²) in [5.41, 5.74) is 2.81. The van der Waals surface area contributed by atoms with Crippen LogP contribution < -0.4 is 0 Å². The number of aliphatic hydroxyl groups is 1. The fourth-order valence-electron chi connectivity index (χ4n) is 4.63. The predicted octanol–water partition coefficient (Wildman–Crippen LogP) is 2.18. The summed E-state index contributed by atoms with van der Waals surface area (Å²) in [6, 6.07) is 8.81. The molecule has 8 heteroatoms. The minimum atomic E-state index is -0.648. The number of aliphatic hydroxyl groups excluding tert-OH is 1. The van der Waals surface area contributed by atoms with Crippen molar-refractivity contribution in [1.82, 2.24) is 19.6 Å². The average molecular weight is 439 g/mol. The van der Waals surface area contributed by atoms with E-state index in [1.807, 2.05) is 37.3 Å². The van der Waals surface area contributed by atoms with E-state index in [0.717, 1.165) is 50.5 Å². The van der Waals surface area contributed by atoms with Crippen LogP contribution >= 0.6 is 0 Å². The summed E-state index contributed by atoms with van der Waals surface area (Å²) in [6.07, 6.45) is 0.737. The van der Waals surface area contributed by atoms with Crippen LogP contribution in [0.15, 0.2) is 35.9 Å². The molecule has 2 aliphatic heterocycles. The smallest absolute Gasteiger partial charge is 0.295 e. The van der Waals surface area contributed by atoms with Gasteiger partial charge in [-0.25, -0.2) is 0 Å². The second-order valence-corrected chi connectivity index (χ2v) is 8.38. The summed E-state index contributed by atoms with van der Waals surface area (Å²) in [7, 11) is 1.79. The third kappa shape index (κ3) is 4.08. The monoisotopic (exact) mass is 438 g/mol. The maximum absolute atomic E-state index is 13.1. The number of likely N-dealkylation sites (tertiary alicyclic amines) is 1. The molecule has 4 rings (SSSR count). The third-order valence-electron chi connectivity index (χ3n) is 6.38. The quantitative estimate of drug-likeness (QED) is 0.423. The lowest BCUT2D eigenvalue weighted by molar-refractivity contribution is -0.140. The molecule has 0 spiro atoms. The second-order valence-electron chi connectivity index (χ2n) is 8.38. The van der Waals surface area contributed by atoms with Crippen molar-refractivity contribution in [2.45, 2.75) is 26.3 Å². The van der Waals surface area contributed by atoms with Gasteiger partial charge in [0.1, 0.15) is 5.76 Å². The van der Waals surface area contributed by atoms with Crippen LogP contribution in [0.3, 0.4) is 0 Å². The largest absolute Gasteiger partial charge is 0.507 e. The maximum atomic E-state index is 13.1. The number of carbonyl (C=O) groups excluding carboxylic acids is 2. The summed E-state index contributed by atoms with van der Waals surface area (Å²) in [4.78, 5) is 30.1. The van der Waals surface area contributed by atoms with Crippen LogP contribution in [-0.4, -0.2) is 75.8 Å². The Labute approximate surface area is 188 Å². The molecule has 3 heterocycles. The number of nitrogens with zero attached hydrogens (tertiary/aromatic N) is 4. The Kier molecular flexibility index (Phi) is 6.43. The number of amides is 1. The van der Waals surface area contributed by atoms with E-state index >= 15 is 0 Å². The lowest BCUT2D eigenvalue weighted by Crippen LogP contribution is -2.38. The van der Waals surface area contributed by atoms with Crippen LogP contribution in [0, 0.1) is 13.8 Å². The van der Waals surface area contributed by atoms with E-state index in [9.17, 15) is 14.7 Å². The van der Waals surface area contributed by atoms with Gasteiger partial charge in [0.2, 0.25) is 0 Å². The number of aryl methyl sites for hydroxylation is 2. The molecule has 2 aliphatic rings. The minimum absolute atomic E-state index is 0.131. The number of ketones is 1. The van der Waals surface area contributed by atoms with Gasteiger partial charge in [-0.2, -0.15) is 5.10 Å². The zero-order valence-corrected chi connectivity index (χ0v) is 18.9. The SMILES string of the molecule is Cc1nn(C)c(C)c1/C(O)=C1\C(=O)C(=O)N(CCCN2CCOCC2)[C@H]1c1ccccc1. The van der Waals surface area contributed by atoms with E-state index in [1.54, 1.807) is 23.6 Å². The van der Waals surface area contributed by atoms with Crippen molar-refractivity contribution < 1.29 is 19.4 Å². The highest BCUT2D eigenvalue weighted by Crippen LogP contribution is 2.40. The molecule has 0 unspecified atom stereocenters. The van der Waals surface area contributed by atoms with Crippen molar-refractivity contribution in [2.24, 2.45) is 7.05 Å². The van der Waals surface area contributed by atoms with Crippen LogP contribution in [-0.2, 0) is 21.4 Å². The summed E-state index contributed by atoms with van der Waals surface area (Å²) >= 11 is 0. The Hall–Kier alpha value is -2.97. The molecule has 2 aromatic rings. The maximum Gasteiger partial charge on any atom is 0.295 e. The Morgan fingerprint density at radius 2 is 1.81 bits per heavy atom. The first-order valence-electron chi connectivity index (χ1n) is 11.0. The van der Waals surface area contributed by atoms with Crippen LogP contribution in [0.5, 0.6) is 0 Å². The number of hydrogen-bond acceptors (Lipinski definition) is 6. The van der Waals surface area contributed by atoms with Gasteiger partial charge in [-0.1, -0.05) is 30.3 Å². The summed E-state index contributed by atoms with van der Waals surface area (Å²) in [5.74, 6) is -1.37. The number of benzene rings is 1. The Balaban J connectivity index is 1.69. The Morgan fingerprint density at radius 1 is 1.12 bits per heavy atom. The number of Topliss-reactive ketones (excluding diaryl/α,β-unsaturated/α-hetero) is 1. The van der Waals surface area contributed by atoms with E-state index in [0.29, 0.717) is 17.8 Å². The van der Waals surface area contributed by atoms with Gasteiger partial charge >= 0.3 is 0 Å². The van der Waals surface area contributed by atoms with Crippen molar-refractivity contribution in [3.8, 4) is 0 Å². The lowest BCUT2D eigenvalue weighted by Gasteiger charge is -2.29. The van der Waals surface area contributed by atoms with Gasteiger partial charge in [0.25, 0.3) is 11.7 Å². The molecule has 1 atom stereocenters. The molecule has 0 radical (unpaired) electrons. The van der Waals surface area contributed by atoms with Crippen LogP contribution in [0.25, 0.3) is 5.76 Å². The minimum Gasteiger partial charge on any atom is -0.507 e. The van der Waals surface area contributed by atoms with Crippen molar-refractivity contribution in [3.63, 3.8) is 0 Å². The first-order chi connectivity index (χ1) is 15.4. The molecule has 0 bridgehead atoms.